The summed E-state index contributed by atoms with van der Waals surface area (Å²) in [5.41, 5.74) is 1.42. The Morgan fingerprint density at radius 2 is 1.96 bits per heavy atom. The fourth-order valence-corrected chi connectivity index (χ4v) is 2.69. The Kier molecular flexibility index (Phi) is 5.25. The van der Waals surface area contributed by atoms with Gasteiger partial charge in [0.1, 0.15) is 5.75 Å². The second kappa shape index (κ2) is 7.77. The number of ether oxygens (including phenoxy) is 1. The largest absolute Gasteiger partial charge is 0.494 e. The van der Waals surface area contributed by atoms with Crippen molar-refractivity contribution in [3.8, 4) is 5.75 Å². The fraction of sp³-hybridized carbons (Fsp3) is 0.389. The molecule has 2 aromatic rings. The van der Waals surface area contributed by atoms with Crippen LogP contribution in [0.25, 0.3) is 0 Å². The summed E-state index contributed by atoms with van der Waals surface area (Å²) in [5, 5.41) is 2.90. The summed E-state index contributed by atoms with van der Waals surface area (Å²) in [6, 6.07) is 8.95. The number of nitrogens with one attached hydrogen (secondary N) is 1. The molecule has 1 fully saturated rings. The smallest absolute Gasteiger partial charge is 0.251 e. The van der Waals surface area contributed by atoms with E-state index in [-0.39, 0.29) is 5.91 Å². The van der Waals surface area contributed by atoms with Gasteiger partial charge in [-0.05, 0) is 50.1 Å². The zero-order valence-electron chi connectivity index (χ0n) is 13.9. The Labute approximate surface area is 141 Å². The molecule has 1 aromatic carbocycles. The third kappa shape index (κ3) is 4.01. The van der Waals surface area contributed by atoms with Crippen LogP contribution >= 0.6 is 0 Å². The van der Waals surface area contributed by atoms with E-state index < -0.39 is 0 Å². The van der Waals surface area contributed by atoms with Crippen LogP contribution in [-0.2, 0) is 6.54 Å². The van der Waals surface area contributed by atoms with Crippen LogP contribution in [0.1, 0.15) is 35.8 Å². The molecular formula is C18H22N4O2. The quantitative estimate of drug-likeness (QED) is 0.883. The first-order chi connectivity index (χ1) is 11.8. The predicted octanol–water partition coefficient (Wildman–Crippen LogP) is 2.41. The molecule has 0 saturated carbocycles. The lowest BCUT2D eigenvalue weighted by Crippen LogP contribution is -2.25. The summed E-state index contributed by atoms with van der Waals surface area (Å²) >= 11 is 0. The second-order valence-electron chi connectivity index (χ2n) is 5.68. The maximum Gasteiger partial charge on any atom is 0.251 e. The molecule has 1 aliphatic heterocycles. The molecule has 1 saturated heterocycles. The van der Waals surface area contributed by atoms with Crippen molar-refractivity contribution in [3.05, 3.63) is 47.8 Å². The van der Waals surface area contributed by atoms with Crippen molar-refractivity contribution in [1.29, 1.82) is 0 Å². The molecule has 1 aromatic heterocycles. The molecule has 6 nitrogen and oxygen atoms in total. The van der Waals surface area contributed by atoms with Gasteiger partial charge < -0.3 is 15.0 Å². The predicted molar refractivity (Wildman–Crippen MR) is 92.3 cm³/mol. The van der Waals surface area contributed by atoms with Crippen LogP contribution in [0.5, 0.6) is 5.75 Å². The normalized spacial score (nSPS) is 13.8. The van der Waals surface area contributed by atoms with Crippen molar-refractivity contribution in [1.82, 2.24) is 15.3 Å². The van der Waals surface area contributed by atoms with Gasteiger partial charge in [-0.15, -0.1) is 0 Å². The Bertz CT molecular complexity index is 682. The zero-order chi connectivity index (χ0) is 16.8. The van der Waals surface area contributed by atoms with Crippen molar-refractivity contribution in [2.45, 2.75) is 26.3 Å². The van der Waals surface area contributed by atoms with Gasteiger partial charge in [-0.3, -0.25) is 4.79 Å². The van der Waals surface area contributed by atoms with Gasteiger partial charge in [0, 0.05) is 24.8 Å². The topological polar surface area (TPSA) is 67.3 Å². The van der Waals surface area contributed by atoms with Crippen LogP contribution in [0.2, 0.25) is 0 Å². The van der Waals surface area contributed by atoms with E-state index in [1.807, 2.05) is 13.0 Å². The monoisotopic (exact) mass is 326 g/mol. The summed E-state index contributed by atoms with van der Waals surface area (Å²) in [6.07, 6.45) is 4.11. The van der Waals surface area contributed by atoms with E-state index in [1.165, 1.54) is 12.8 Å². The van der Waals surface area contributed by atoms with E-state index >= 15 is 0 Å². The second-order valence-corrected chi connectivity index (χ2v) is 5.68. The molecular weight excluding hydrogens is 304 g/mol. The summed E-state index contributed by atoms with van der Waals surface area (Å²) in [5.74, 6) is 1.39. The fourth-order valence-electron chi connectivity index (χ4n) is 2.69. The Morgan fingerprint density at radius 3 is 2.67 bits per heavy atom. The minimum absolute atomic E-state index is 0.126. The third-order valence-corrected chi connectivity index (χ3v) is 3.95. The average molecular weight is 326 g/mol. The van der Waals surface area contributed by atoms with Gasteiger partial charge in [0.15, 0.2) is 0 Å². The zero-order valence-corrected chi connectivity index (χ0v) is 13.9. The van der Waals surface area contributed by atoms with Crippen LogP contribution in [0.4, 0.5) is 5.95 Å². The molecule has 2 heterocycles. The standard InChI is InChI=1S/C18H22N4O2/c1-2-24-16-7-5-14(6-8-16)17(23)20-13-15-9-10-19-18(21-15)22-11-3-4-12-22/h5-10H,2-4,11-13H2,1H3,(H,20,23). The average Bonchev–Trinajstić information content (AvgIpc) is 3.16. The summed E-state index contributed by atoms with van der Waals surface area (Å²) < 4.78 is 5.38. The molecule has 0 unspecified atom stereocenters. The van der Waals surface area contributed by atoms with E-state index in [1.54, 1.807) is 30.5 Å². The Hall–Kier alpha value is -2.63. The molecule has 6 heteroatoms. The van der Waals surface area contributed by atoms with Gasteiger partial charge in [0.25, 0.3) is 5.91 Å². The van der Waals surface area contributed by atoms with Crippen molar-refractivity contribution < 1.29 is 9.53 Å². The highest BCUT2D eigenvalue weighted by Crippen LogP contribution is 2.15. The van der Waals surface area contributed by atoms with Crippen LogP contribution in [0.3, 0.4) is 0 Å². The summed E-state index contributed by atoms with van der Waals surface area (Å²) in [4.78, 5) is 23.3. The minimum Gasteiger partial charge on any atom is -0.494 e. The maximum atomic E-state index is 12.2. The van der Waals surface area contributed by atoms with Crippen LogP contribution in [0, 0.1) is 0 Å². The number of hydrogen-bond donors (Lipinski definition) is 1. The molecule has 0 spiro atoms. The lowest BCUT2D eigenvalue weighted by molar-refractivity contribution is 0.0950. The summed E-state index contributed by atoms with van der Waals surface area (Å²) in [6.45, 7) is 4.93. The number of aromatic nitrogens is 2. The maximum absolute atomic E-state index is 12.2. The molecule has 0 atom stereocenters. The van der Waals surface area contributed by atoms with Crippen LogP contribution in [-0.4, -0.2) is 35.6 Å². The highest BCUT2D eigenvalue weighted by molar-refractivity contribution is 5.94. The first kappa shape index (κ1) is 16.2. The molecule has 126 valence electrons. The number of nitrogens with zero attached hydrogens (tertiary/aromatic N) is 3. The lowest BCUT2D eigenvalue weighted by atomic mass is 10.2. The Balaban J connectivity index is 1.58. The number of rotatable bonds is 6. The molecule has 24 heavy (non-hydrogen) atoms. The molecule has 3 rings (SSSR count). The molecule has 1 N–H and O–H groups in total. The van der Waals surface area contributed by atoms with Gasteiger partial charge >= 0.3 is 0 Å². The van der Waals surface area contributed by atoms with Crippen molar-refractivity contribution in [3.63, 3.8) is 0 Å². The van der Waals surface area contributed by atoms with Gasteiger partial charge in [0.05, 0.1) is 18.8 Å². The summed E-state index contributed by atoms with van der Waals surface area (Å²) in [7, 11) is 0. The number of anilines is 1. The van der Waals surface area contributed by atoms with E-state index in [9.17, 15) is 4.79 Å². The molecule has 0 radical (unpaired) electrons. The highest BCUT2D eigenvalue weighted by atomic mass is 16.5. The minimum atomic E-state index is -0.126. The van der Waals surface area contributed by atoms with Crippen molar-refractivity contribution in [2.75, 3.05) is 24.6 Å². The van der Waals surface area contributed by atoms with Crippen LogP contribution in [0.15, 0.2) is 36.5 Å². The Morgan fingerprint density at radius 1 is 1.21 bits per heavy atom. The van der Waals surface area contributed by atoms with Gasteiger partial charge in [-0.2, -0.15) is 0 Å². The number of hydrogen-bond acceptors (Lipinski definition) is 5. The van der Waals surface area contributed by atoms with Crippen molar-refractivity contribution >= 4 is 11.9 Å². The number of benzene rings is 1. The van der Waals surface area contributed by atoms with Crippen molar-refractivity contribution in [2.24, 2.45) is 0 Å². The van der Waals surface area contributed by atoms with Gasteiger partial charge in [0.2, 0.25) is 5.95 Å². The van der Waals surface area contributed by atoms with E-state index in [4.69, 9.17) is 4.74 Å². The highest BCUT2D eigenvalue weighted by Gasteiger charge is 2.15. The lowest BCUT2D eigenvalue weighted by Gasteiger charge is -2.15. The van der Waals surface area contributed by atoms with Gasteiger partial charge in [-0.1, -0.05) is 0 Å². The first-order valence-electron chi connectivity index (χ1n) is 8.34. The third-order valence-electron chi connectivity index (χ3n) is 3.95. The molecule has 1 amide bonds. The van der Waals surface area contributed by atoms with E-state index in [0.717, 1.165) is 30.5 Å². The molecule has 0 aliphatic carbocycles. The van der Waals surface area contributed by atoms with Gasteiger partial charge in [-0.25, -0.2) is 9.97 Å². The molecule has 0 bridgehead atoms. The SMILES string of the molecule is CCOc1ccc(C(=O)NCc2ccnc(N3CCCC3)n2)cc1. The number of carbonyl (C=O) groups excluding carboxylic acids is 1. The van der Waals surface area contributed by atoms with E-state index in [2.05, 4.69) is 20.2 Å². The van der Waals surface area contributed by atoms with E-state index in [0.29, 0.717) is 18.7 Å². The number of carbonyl (C=O) groups is 1. The first-order valence-corrected chi connectivity index (χ1v) is 8.34. The molecule has 1 aliphatic rings. The van der Waals surface area contributed by atoms with Crippen LogP contribution < -0.4 is 15.0 Å². The number of amides is 1.